The smallest absolute Gasteiger partial charge is 0.164 e. The summed E-state index contributed by atoms with van der Waals surface area (Å²) in [4.78, 5) is 15.5. The quantitative estimate of drug-likeness (QED) is 0.175. The van der Waals surface area contributed by atoms with Crippen molar-refractivity contribution in [1.82, 2.24) is 19.5 Å². The molecule has 1 aliphatic rings. The number of benzene rings is 8. The van der Waals surface area contributed by atoms with Gasteiger partial charge in [0.1, 0.15) is 0 Å². The van der Waals surface area contributed by atoms with Gasteiger partial charge in [-0.3, -0.25) is 0 Å². The average molecular weight is 761 g/mol. The summed E-state index contributed by atoms with van der Waals surface area (Å²) in [5.41, 5.74) is 11.8. The van der Waals surface area contributed by atoms with Crippen molar-refractivity contribution in [1.29, 1.82) is 0 Å². The van der Waals surface area contributed by atoms with E-state index in [4.69, 9.17) is 15.0 Å². The van der Waals surface area contributed by atoms with Crippen LogP contribution in [0.5, 0.6) is 0 Å². The number of nitrogens with zero attached hydrogens (tertiary/aromatic N) is 4. The van der Waals surface area contributed by atoms with E-state index in [-0.39, 0.29) is 10.8 Å². The molecule has 0 aliphatic heterocycles. The lowest BCUT2D eigenvalue weighted by Gasteiger charge is -2.42. The van der Waals surface area contributed by atoms with Crippen LogP contribution in [0.2, 0.25) is 0 Å². The Morgan fingerprint density at radius 2 is 0.932 bits per heavy atom. The van der Waals surface area contributed by atoms with Crippen LogP contribution in [0.3, 0.4) is 0 Å². The highest BCUT2D eigenvalue weighted by Gasteiger charge is 2.38. The summed E-state index contributed by atoms with van der Waals surface area (Å²) in [6, 6.07) is 61.0. The lowest BCUT2D eigenvalue weighted by Crippen LogP contribution is -2.33. The van der Waals surface area contributed by atoms with E-state index >= 15 is 0 Å². The van der Waals surface area contributed by atoms with Gasteiger partial charge >= 0.3 is 0 Å². The minimum atomic E-state index is 0.0757. The van der Waals surface area contributed by atoms with Crippen molar-refractivity contribution in [3.8, 4) is 51.0 Å². The molecule has 2 aromatic heterocycles. The SMILES string of the molecule is CC1(C)CCC(C)(C)c2cc3c(cc21)c1c2ccccc2ccc1n3-c1cccc(-c2nc(-c3ccccc3)nc(-c3ccc4cc(-c5ccccc5)ccc4c3)n2)c1. The molecule has 8 aromatic carbocycles. The van der Waals surface area contributed by atoms with Gasteiger partial charge < -0.3 is 4.57 Å². The summed E-state index contributed by atoms with van der Waals surface area (Å²) in [7, 11) is 0. The van der Waals surface area contributed by atoms with Crippen LogP contribution in [-0.4, -0.2) is 19.5 Å². The zero-order valence-electron chi connectivity index (χ0n) is 33.9. The highest BCUT2D eigenvalue weighted by molar-refractivity contribution is 6.21. The van der Waals surface area contributed by atoms with Gasteiger partial charge in [0.2, 0.25) is 0 Å². The number of fused-ring (bicyclic) bond motifs is 7. The maximum atomic E-state index is 5.22. The topological polar surface area (TPSA) is 43.6 Å². The molecule has 0 spiro atoms. The molecule has 2 heterocycles. The number of hydrogen-bond donors (Lipinski definition) is 0. The second kappa shape index (κ2) is 13.3. The summed E-state index contributed by atoms with van der Waals surface area (Å²) >= 11 is 0. The molecule has 0 bridgehead atoms. The zero-order valence-corrected chi connectivity index (χ0v) is 33.9. The van der Waals surface area contributed by atoms with Crippen LogP contribution in [0.25, 0.3) is 94.3 Å². The number of hydrogen-bond acceptors (Lipinski definition) is 3. The Balaban J connectivity index is 1.10. The minimum absolute atomic E-state index is 0.0757. The second-order valence-electron chi connectivity index (χ2n) is 17.6. The molecule has 284 valence electrons. The fourth-order valence-corrected chi connectivity index (χ4v) is 9.45. The van der Waals surface area contributed by atoms with Crippen molar-refractivity contribution in [2.24, 2.45) is 0 Å². The molecule has 10 aromatic rings. The third-order valence-electron chi connectivity index (χ3n) is 12.9. The van der Waals surface area contributed by atoms with E-state index in [1.807, 2.05) is 18.2 Å². The van der Waals surface area contributed by atoms with E-state index < -0.39 is 0 Å². The molecule has 0 N–H and O–H groups in total. The van der Waals surface area contributed by atoms with Crippen molar-refractivity contribution < 1.29 is 0 Å². The van der Waals surface area contributed by atoms with E-state index in [2.05, 4.69) is 184 Å². The van der Waals surface area contributed by atoms with Crippen LogP contribution in [0.4, 0.5) is 0 Å². The monoisotopic (exact) mass is 760 g/mol. The molecule has 0 amide bonds. The highest BCUT2D eigenvalue weighted by Crippen LogP contribution is 2.49. The van der Waals surface area contributed by atoms with Crippen LogP contribution >= 0.6 is 0 Å². The summed E-state index contributed by atoms with van der Waals surface area (Å²) < 4.78 is 2.46. The molecular formula is C55H44N4. The van der Waals surface area contributed by atoms with E-state index in [1.165, 1.54) is 66.6 Å². The number of aromatic nitrogens is 4. The van der Waals surface area contributed by atoms with Crippen molar-refractivity contribution in [3.05, 3.63) is 181 Å². The van der Waals surface area contributed by atoms with Crippen LogP contribution < -0.4 is 0 Å². The standard InChI is InChI=1S/C55H44N4/c1-54(2)28-29-55(3,4)47-34-49-45(33-46(47)54)50-44-21-12-11-16-36(44)26-27-48(50)59(49)43-20-13-19-41(32-43)52-56-51(37-17-9-6-10-18-37)57-53(58-52)42-25-24-39-30-38(22-23-40(39)31-42)35-14-7-5-8-15-35/h5-27,30-34H,28-29H2,1-4H3. The second-order valence-corrected chi connectivity index (χ2v) is 17.6. The van der Waals surface area contributed by atoms with Crippen molar-refractivity contribution in [3.63, 3.8) is 0 Å². The largest absolute Gasteiger partial charge is 0.309 e. The Morgan fingerprint density at radius 1 is 0.390 bits per heavy atom. The summed E-state index contributed by atoms with van der Waals surface area (Å²) in [5.74, 6) is 1.94. The van der Waals surface area contributed by atoms with Crippen LogP contribution in [0.15, 0.2) is 170 Å². The van der Waals surface area contributed by atoms with Gasteiger partial charge in [0, 0.05) is 33.2 Å². The Kier molecular flexibility index (Phi) is 7.96. The number of rotatable bonds is 5. The predicted molar refractivity (Wildman–Crippen MR) is 246 cm³/mol. The molecule has 0 unspecified atom stereocenters. The van der Waals surface area contributed by atoms with Crippen LogP contribution in [0, 0.1) is 0 Å². The Labute approximate surface area is 344 Å². The lowest BCUT2D eigenvalue weighted by molar-refractivity contribution is 0.332. The maximum absolute atomic E-state index is 5.22. The van der Waals surface area contributed by atoms with Crippen molar-refractivity contribution >= 4 is 43.4 Å². The molecule has 0 fully saturated rings. The summed E-state index contributed by atoms with van der Waals surface area (Å²) in [5, 5.41) is 7.44. The van der Waals surface area contributed by atoms with Crippen LogP contribution in [-0.2, 0) is 10.8 Å². The molecule has 11 rings (SSSR count). The van der Waals surface area contributed by atoms with E-state index in [9.17, 15) is 0 Å². The molecule has 0 saturated heterocycles. The fourth-order valence-electron chi connectivity index (χ4n) is 9.45. The molecule has 0 radical (unpaired) electrons. The molecule has 59 heavy (non-hydrogen) atoms. The third kappa shape index (κ3) is 5.93. The van der Waals surface area contributed by atoms with Gasteiger partial charge in [-0.2, -0.15) is 0 Å². The van der Waals surface area contributed by atoms with Gasteiger partial charge in [0.25, 0.3) is 0 Å². The first-order valence-electron chi connectivity index (χ1n) is 20.7. The van der Waals surface area contributed by atoms with E-state index in [0.717, 1.165) is 34.2 Å². The van der Waals surface area contributed by atoms with Gasteiger partial charge in [0.15, 0.2) is 17.5 Å². The zero-order chi connectivity index (χ0) is 39.9. The average Bonchev–Trinajstić information content (AvgIpc) is 3.62. The normalized spacial score (nSPS) is 14.6. The van der Waals surface area contributed by atoms with Gasteiger partial charge in [-0.1, -0.05) is 155 Å². The first kappa shape index (κ1) is 35.3. The molecular weight excluding hydrogens is 717 g/mol. The van der Waals surface area contributed by atoms with Crippen LogP contribution in [0.1, 0.15) is 51.7 Å². The van der Waals surface area contributed by atoms with Gasteiger partial charge in [0.05, 0.1) is 11.0 Å². The van der Waals surface area contributed by atoms with Crippen molar-refractivity contribution in [2.75, 3.05) is 0 Å². The minimum Gasteiger partial charge on any atom is -0.309 e. The van der Waals surface area contributed by atoms with Gasteiger partial charge in [-0.15, -0.1) is 0 Å². The summed E-state index contributed by atoms with van der Waals surface area (Å²) in [6.45, 7) is 9.66. The van der Waals surface area contributed by atoms with Crippen molar-refractivity contribution in [2.45, 2.75) is 51.4 Å². The predicted octanol–water partition coefficient (Wildman–Crippen LogP) is 14.3. The van der Waals surface area contributed by atoms with E-state index in [0.29, 0.717) is 17.5 Å². The first-order valence-corrected chi connectivity index (χ1v) is 20.7. The van der Waals surface area contributed by atoms with Gasteiger partial charge in [-0.05, 0) is 110 Å². The van der Waals surface area contributed by atoms with Gasteiger partial charge in [-0.25, -0.2) is 15.0 Å². The van der Waals surface area contributed by atoms with E-state index in [1.54, 1.807) is 0 Å². The lowest BCUT2D eigenvalue weighted by atomic mass is 9.63. The third-order valence-corrected chi connectivity index (χ3v) is 12.9. The molecule has 4 heteroatoms. The molecule has 0 atom stereocenters. The maximum Gasteiger partial charge on any atom is 0.164 e. The Morgan fingerprint density at radius 3 is 1.64 bits per heavy atom. The Hall–Kier alpha value is -6.91. The molecule has 1 aliphatic carbocycles. The first-order chi connectivity index (χ1) is 28.7. The molecule has 4 nitrogen and oxygen atoms in total. The Bertz CT molecular complexity index is 3270. The fraction of sp³-hybridized carbons (Fsp3) is 0.145. The summed E-state index contributed by atoms with van der Waals surface area (Å²) in [6.07, 6.45) is 2.34. The molecule has 0 saturated carbocycles. The highest BCUT2D eigenvalue weighted by atomic mass is 15.0.